The molecule has 0 saturated carbocycles. The quantitative estimate of drug-likeness (QED) is 0.135. The van der Waals surface area contributed by atoms with Crippen molar-refractivity contribution in [3.63, 3.8) is 0 Å². The van der Waals surface area contributed by atoms with E-state index in [1.165, 1.54) is 4.31 Å². The van der Waals surface area contributed by atoms with Gasteiger partial charge in [0.15, 0.2) is 0 Å². The van der Waals surface area contributed by atoms with Gasteiger partial charge in [0.1, 0.15) is 5.82 Å². The molecule has 5 aromatic rings. The summed E-state index contributed by atoms with van der Waals surface area (Å²) < 4.78 is 31.4. The molecule has 0 aliphatic carbocycles. The topological polar surface area (TPSA) is 92.5 Å². The molecule has 5 rings (SSSR count). The van der Waals surface area contributed by atoms with Crippen molar-refractivity contribution in [2.24, 2.45) is 0 Å². The van der Waals surface area contributed by atoms with Crippen molar-refractivity contribution < 1.29 is 18.3 Å². The second kappa shape index (κ2) is 13.5. The van der Waals surface area contributed by atoms with E-state index in [9.17, 15) is 18.3 Å². The number of carboxylic acids is 1. The number of nitrogens with zero attached hydrogens (tertiary/aromatic N) is 3. The monoisotopic (exact) mass is 609 g/mol. The fourth-order valence-electron chi connectivity index (χ4n) is 5.73. The number of anilines is 1. The van der Waals surface area contributed by atoms with E-state index in [0.29, 0.717) is 29.8 Å². The zero-order chi connectivity index (χ0) is 31.3. The molecular weight excluding hydrogens is 570 g/mol. The van der Waals surface area contributed by atoms with Crippen LogP contribution in [0, 0.1) is 6.92 Å². The number of rotatable bonds is 13. The standard InChI is InChI=1S/C36H39N3O4S/c1-4-6-14-24-38(44(42,43)29-17-12-9-13-18-29)28-20-22-31-33(25-28)39(34(37-31)19-7-5-2)32-23-21-30(27-15-10-8-11-16-27)35(26(32)3)36(40)41/h8-13,15-18,20-23,25H,4-7,14,19,24H2,1-3H3,(H,40,41). The Hall–Kier alpha value is -4.43. The van der Waals surface area contributed by atoms with Gasteiger partial charge < -0.3 is 5.11 Å². The van der Waals surface area contributed by atoms with Crippen LogP contribution in [0.5, 0.6) is 0 Å². The molecule has 4 aromatic carbocycles. The Kier molecular flexibility index (Phi) is 9.49. The highest BCUT2D eigenvalue weighted by molar-refractivity contribution is 7.92. The third kappa shape index (κ3) is 6.13. The second-order valence-electron chi connectivity index (χ2n) is 11.0. The van der Waals surface area contributed by atoms with E-state index >= 15 is 0 Å². The van der Waals surface area contributed by atoms with Crippen molar-refractivity contribution in [1.29, 1.82) is 0 Å². The Labute approximate surface area is 259 Å². The van der Waals surface area contributed by atoms with Crippen LogP contribution in [-0.4, -0.2) is 35.6 Å². The lowest BCUT2D eigenvalue weighted by molar-refractivity contribution is 0.0697. The first-order valence-corrected chi connectivity index (χ1v) is 16.7. The van der Waals surface area contributed by atoms with Crippen molar-refractivity contribution in [2.75, 3.05) is 10.8 Å². The minimum Gasteiger partial charge on any atom is -0.478 e. The summed E-state index contributed by atoms with van der Waals surface area (Å²) in [6.07, 6.45) is 5.19. The average molecular weight is 610 g/mol. The maximum absolute atomic E-state index is 13.9. The number of carboxylic acid groups (broad SMARTS) is 1. The molecule has 0 fully saturated rings. The number of carbonyl (C=O) groups is 1. The number of aromatic carboxylic acids is 1. The minimum absolute atomic E-state index is 0.237. The van der Waals surface area contributed by atoms with E-state index in [-0.39, 0.29) is 10.5 Å². The zero-order valence-corrected chi connectivity index (χ0v) is 26.3. The van der Waals surface area contributed by atoms with Gasteiger partial charge in [0.2, 0.25) is 0 Å². The van der Waals surface area contributed by atoms with Crippen LogP contribution < -0.4 is 4.31 Å². The molecule has 8 heteroatoms. The van der Waals surface area contributed by atoms with E-state index in [4.69, 9.17) is 4.98 Å². The molecule has 44 heavy (non-hydrogen) atoms. The molecule has 1 aromatic heterocycles. The summed E-state index contributed by atoms with van der Waals surface area (Å²) >= 11 is 0. The molecule has 1 N–H and O–H groups in total. The van der Waals surface area contributed by atoms with E-state index < -0.39 is 16.0 Å². The smallest absolute Gasteiger partial charge is 0.336 e. The summed E-state index contributed by atoms with van der Waals surface area (Å²) in [5.74, 6) is -0.186. The number of hydrogen-bond acceptors (Lipinski definition) is 4. The van der Waals surface area contributed by atoms with Gasteiger partial charge in [0.25, 0.3) is 10.0 Å². The van der Waals surface area contributed by atoms with Gasteiger partial charge in [-0.25, -0.2) is 18.2 Å². The van der Waals surface area contributed by atoms with Crippen molar-refractivity contribution in [1.82, 2.24) is 9.55 Å². The molecule has 1 heterocycles. The van der Waals surface area contributed by atoms with Gasteiger partial charge in [-0.05, 0) is 72.9 Å². The number of imidazole rings is 1. The molecule has 0 spiro atoms. The first kappa shape index (κ1) is 31.0. The summed E-state index contributed by atoms with van der Waals surface area (Å²) in [6.45, 7) is 6.40. The van der Waals surface area contributed by atoms with Crippen molar-refractivity contribution in [3.8, 4) is 16.8 Å². The summed E-state index contributed by atoms with van der Waals surface area (Å²) in [5, 5.41) is 10.4. The molecule has 0 aliphatic rings. The van der Waals surface area contributed by atoms with Gasteiger partial charge in [0, 0.05) is 13.0 Å². The van der Waals surface area contributed by atoms with Gasteiger partial charge in [-0.3, -0.25) is 8.87 Å². The summed E-state index contributed by atoms with van der Waals surface area (Å²) in [6, 6.07) is 27.4. The van der Waals surface area contributed by atoms with Crippen LogP contribution in [-0.2, 0) is 16.4 Å². The van der Waals surface area contributed by atoms with Gasteiger partial charge in [0.05, 0.1) is 32.9 Å². The van der Waals surface area contributed by atoms with Gasteiger partial charge in [-0.2, -0.15) is 0 Å². The fraction of sp³-hybridized carbons (Fsp3) is 0.278. The van der Waals surface area contributed by atoms with Crippen LogP contribution in [0.1, 0.15) is 67.7 Å². The Balaban J connectivity index is 1.72. The normalized spacial score (nSPS) is 11.6. The molecule has 7 nitrogen and oxygen atoms in total. The van der Waals surface area contributed by atoms with Crippen molar-refractivity contribution in [3.05, 3.63) is 108 Å². The highest BCUT2D eigenvalue weighted by atomic mass is 32.2. The highest BCUT2D eigenvalue weighted by Crippen LogP contribution is 2.35. The zero-order valence-electron chi connectivity index (χ0n) is 25.5. The van der Waals surface area contributed by atoms with Crippen LogP contribution in [0.2, 0.25) is 0 Å². The third-order valence-electron chi connectivity index (χ3n) is 8.02. The maximum atomic E-state index is 13.9. The summed E-state index contributed by atoms with van der Waals surface area (Å²) in [4.78, 5) is 17.9. The molecule has 0 radical (unpaired) electrons. The van der Waals surface area contributed by atoms with Crippen LogP contribution in [0.25, 0.3) is 27.8 Å². The number of unbranched alkanes of at least 4 members (excludes halogenated alkanes) is 3. The second-order valence-corrected chi connectivity index (χ2v) is 12.9. The SMILES string of the molecule is CCCCCN(c1ccc2nc(CCCC)n(-c3ccc(-c4ccccc4)c(C(=O)O)c3C)c2c1)S(=O)(=O)c1ccccc1. The molecule has 0 bridgehead atoms. The van der Waals surface area contributed by atoms with E-state index in [1.807, 2.05) is 72.2 Å². The van der Waals surface area contributed by atoms with Gasteiger partial charge in [-0.1, -0.05) is 87.7 Å². The number of aryl methyl sites for hydroxylation is 1. The fourth-order valence-corrected chi connectivity index (χ4v) is 7.25. The number of aromatic nitrogens is 2. The molecule has 228 valence electrons. The van der Waals surface area contributed by atoms with Crippen LogP contribution in [0.4, 0.5) is 5.69 Å². The number of hydrogen-bond donors (Lipinski definition) is 1. The first-order valence-electron chi connectivity index (χ1n) is 15.3. The predicted molar refractivity (Wildman–Crippen MR) is 177 cm³/mol. The molecule has 0 amide bonds. The lowest BCUT2D eigenvalue weighted by Gasteiger charge is -2.25. The van der Waals surface area contributed by atoms with Crippen molar-refractivity contribution in [2.45, 2.75) is 64.2 Å². The van der Waals surface area contributed by atoms with Crippen LogP contribution >= 0.6 is 0 Å². The molecule has 0 atom stereocenters. The van der Waals surface area contributed by atoms with E-state index in [0.717, 1.165) is 60.2 Å². The maximum Gasteiger partial charge on any atom is 0.336 e. The first-order chi connectivity index (χ1) is 21.3. The minimum atomic E-state index is -3.82. The molecule has 0 saturated heterocycles. The van der Waals surface area contributed by atoms with Crippen LogP contribution in [0.3, 0.4) is 0 Å². The van der Waals surface area contributed by atoms with Crippen molar-refractivity contribution >= 4 is 32.7 Å². The Bertz CT molecular complexity index is 1870. The number of sulfonamides is 1. The molecule has 0 unspecified atom stereocenters. The van der Waals surface area contributed by atoms with E-state index in [1.54, 1.807) is 30.3 Å². The average Bonchev–Trinajstić information content (AvgIpc) is 3.39. The summed E-state index contributed by atoms with van der Waals surface area (Å²) in [5.41, 5.74) is 5.08. The number of fused-ring (bicyclic) bond motifs is 1. The number of benzene rings is 4. The molecule has 0 aliphatic heterocycles. The lowest BCUT2D eigenvalue weighted by Crippen LogP contribution is -2.32. The third-order valence-corrected chi connectivity index (χ3v) is 9.86. The largest absolute Gasteiger partial charge is 0.478 e. The molecular formula is C36H39N3O4S. The summed E-state index contributed by atoms with van der Waals surface area (Å²) in [7, 11) is -3.82. The Morgan fingerprint density at radius 1 is 0.864 bits per heavy atom. The van der Waals surface area contributed by atoms with Gasteiger partial charge >= 0.3 is 5.97 Å². The highest BCUT2D eigenvalue weighted by Gasteiger charge is 2.26. The van der Waals surface area contributed by atoms with Gasteiger partial charge in [-0.15, -0.1) is 0 Å². The van der Waals surface area contributed by atoms with Crippen LogP contribution in [0.15, 0.2) is 95.9 Å². The Morgan fingerprint density at radius 2 is 1.55 bits per heavy atom. The Morgan fingerprint density at radius 3 is 2.20 bits per heavy atom. The van der Waals surface area contributed by atoms with E-state index in [2.05, 4.69) is 13.8 Å². The predicted octanol–water partition coefficient (Wildman–Crippen LogP) is 8.43. The lowest BCUT2D eigenvalue weighted by atomic mass is 9.94.